The van der Waals surface area contributed by atoms with Crippen molar-refractivity contribution in [2.75, 3.05) is 26.2 Å². The molecule has 1 aliphatic heterocycles. The van der Waals surface area contributed by atoms with Crippen molar-refractivity contribution in [1.82, 2.24) is 4.98 Å². The third-order valence-electron chi connectivity index (χ3n) is 5.67. The molecule has 0 saturated carbocycles. The lowest BCUT2D eigenvalue weighted by Gasteiger charge is -2.23. The molecule has 4 rings (SSSR count). The number of rotatable bonds is 6. The van der Waals surface area contributed by atoms with Crippen LogP contribution < -0.4 is 14.4 Å². The monoisotopic (exact) mass is 510 g/mol. The molecule has 0 bridgehead atoms. The number of hydrogen-bond acceptors (Lipinski definition) is 10. The van der Waals surface area contributed by atoms with Crippen LogP contribution in [0.15, 0.2) is 48.0 Å². The van der Waals surface area contributed by atoms with E-state index in [2.05, 4.69) is 4.98 Å². The lowest BCUT2D eigenvalue weighted by atomic mass is 9.95. The summed E-state index contributed by atoms with van der Waals surface area (Å²) in [5, 5.41) is 21.4. The van der Waals surface area contributed by atoms with Gasteiger partial charge in [-0.3, -0.25) is 14.5 Å². The van der Waals surface area contributed by atoms with E-state index in [0.29, 0.717) is 17.0 Å². The molecule has 1 fully saturated rings. The first kappa shape index (κ1) is 24.7. The SMILES string of the molecule is COC(=O)c1sc(N2C(=O)C(=O)/C(=C(/O)c3cccc(OC)c3)[C@H]2c2ccc(O)c(OC)c2)nc1C. The third kappa shape index (κ3) is 4.13. The molecule has 1 atom stereocenters. The predicted molar refractivity (Wildman–Crippen MR) is 131 cm³/mol. The number of methoxy groups -OCH3 is 3. The minimum atomic E-state index is -1.14. The Labute approximate surface area is 210 Å². The summed E-state index contributed by atoms with van der Waals surface area (Å²) in [6, 6.07) is 9.58. The number of aromatic nitrogens is 1. The fourth-order valence-electron chi connectivity index (χ4n) is 3.90. The van der Waals surface area contributed by atoms with Crippen LogP contribution in [0.3, 0.4) is 0 Å². The second-order valence-electron chi connectivity index (χ2n) is 7.73. The van der Waals surface area contributed by atoms with Crippen LogP contribution in [-0.2, 0) is 14.3 Å². The van der Waals surface area contributed by atoms with Gasteiger partial charge >= 0.3 is 11.9 Å². The van der Waals surface area contributed by atoms with E-state index in [1.54, 1.807) is 25.1 Å². The number of esters is 1. The van der Waals surface area contributed by atoms with Crippen molar-refractivity contribution in [1.29, 1.82) is 0 Å². The van der Waals surface area contributed by atoms with Crippen molar-refractivity contribution in [2.45, 2.75) is 13.0 Å². The number of carbonyl (C=O) groups excluding carboxylic acids is 3. The van der Waals surface area contributed by atoms with Crippen LogP contribution in [0, 0.1) is 6.92 Å². The minimum Gasteiger partial charge on any atom is -0.507 e. The van der Waals surface area contributed by atoms with Gasteiger partial charge in [0.25, 0.3) is 5.78 Å². The van der Waals surface area contributed by atoms with E-state index < -0.39 is 29.5 Å². The molecule has 1 aliphatic rings. The van der Waals surface area contributed by atoms with Gasteiger partial charge in [0, 0.05) is 5.56 Å². The summed E-state index contributed by atoms with van der Waals surface area (Å²) in [6.07, 6.45) is 0. The van der Waals surface area contributed by atoms with E-state index in [1.165, 1.54) is 45.6 Å². The van der Waals surface area contributed by atoms with Crippen LogP contribution in [0.1, 0.15) is 32.5 Å². The van der Waals surface area contributed by atoms with Crippen molar-refractivity contribution in [3.63, 3.8) is 0 Å². The molecule has 3 aromatic rings. The van der Waals surface area contributed by atoms with Crippen molar-refractivity contribution < 1.29 is 38.8 Å². The molecule has 186 valence electrons. The van der Waals surface area contributed by atoms with Crippen LogP contribution in [0.4, 0.5) is 5.13 Å². The highest BCUT2D eigenvalue weighted by Crippen LogP contribution is 2.45. The zero-order valence-electron chi connectivity index (χ0n) is 19.8. The first-order valence-electron chi connectivity index (χ1n) is 10.6. The number of phenolic OH excluding ortho intramolecular Hbond substituents is 1. The number of amides is 1. The first-order valence-corrected chi connectivity index (χ1v) is 11.4. The highest BCUT2D eigenvalue weighted by molar-refractivity contribution is 7.17. The van der Waals surface area contributed by atoms with Gasteiger partial charge in [0.15, 0.2) is 16.6 Å². The third-order valence-corrected chi connectivity index (χ3v) is 6.81. The minimum absolute atomic E-state index is 0.0664. The molecular formula is C25H22N2O8S. The number of nitrogens with zero attached hydrogens (tertiary/aromatic N) is 2. The zero-order valence-corrected chi connectivity index (χ0v) is 20.6. The zero-order chi connectivity index (χ0) is 26.1. The summed E-state index contributed by atoms with van der Waals surface area (Å²) in [5.41, 5.74) is 0.737. The summed E-state index contributed by atoms with van der Waals surface area (Å²) < 4.78 is 15.2. The van der Waals surface area contributed by atoms with E-state index in [-0.39, 0.29) is 32.6 Å². The number of ether oxygens (including phenoxy) is 3. The fraction of sp³-hybridized carbons (Fsp3) is 0.200. The number of carbonyl (C=O) groups is 3. The van der Waals surface area contributed by atoms with Crippen molar-refractivity contribution in [3.05, 3.63) is 69.7 Å². The van der Waals surface area contributed by atoms with Crippen LogP contribution in [0.5, 0.6) is 17.2 Å². The van der Waals surface area contributed by atoms with Crippen LogP contribution in [-0.4, -0.2) is 54.2 Å². The van der Waals surface area contributed by atoms with E-state index in [4.69, 9.17) is 14.2 Å². The summed E-state index contributed by atoms with van der Waals surface area (Å²) in [6.45, 7) is 1.58. The Morgan fingerprint density at radius 1 is 1.08 bits per heavy atom. The average Bonchev–Trinajstić information content (AvgIpc) is 3.40. The normalized spacial score (nSPS) is 16.8. The predicted octanol–water partition coefficient (Wildman–Crippen LogP) is 3.59. The summed E-state index contributed by atoms with van der Waals surface area (Å²) >= 11 is 0.885. The van der Waals surface area contributed by atoms with Gasteiger partial charge in [-0.25, -0.2) is 9.78 Å². The second-order valence-corrected chi connectivity index (χ2v) is 8.71. The van der Waals surface area contributed by atoms with E-state index in [9.17, 15) is 24.6 Å². The van der Waals surface area contributed by atoms with E-state index in [1.807, 2.05) is 0 Å². The molecule has 36 heavy (non-hydrogen) atoms. The number of benzene rings is 2. The molecule has 0 spiro atoms. The summed E-state index contributed by atoms with van der Waals surface area (Å²) in [5.74, 6) is -2.55. The maximum absolute atomic E-state index is 13.3. The molecule has 0 unspecified atom stereocenters. The van der Waals surface area contributed by atoms with Crippen LogP contribution >= 0.6 is 11.3 Å². The molecular weight excluding hydrogens is 488 g/mol. The van der Waals surface area contributed by atoms with Crippen molar-refractivity contribution >= 4 is 39.9 Å². The molecule has 2 heterocycles. The average molecular weight is 511 g/mol. The highest BCUT2D eigenvalue weighted by Gasteiger charge is 2.48. The highest BCUT2D eigenvalue weighted by atomic mass is 32.1. The molecule has 11 heteroatoms. The molecule has 0 aliphatic carbocycles. The molecule has 1 aromatic heterocycles. The number of thiazole rings is 1. The Kier molecular flexibility index (Phi) is 6.67. The maximum Gasteiger partial charge on any atom is 0.350 e. The number of Topliss-reactive ketones (excluding diaryl/α,β-unsaturated/α-hetero) is 1. The van der Waals surface area contributed by atoms with E-state index >= 15 is 0 Å². The Bertz CT molecular complexity index is 1410. The van der Waals surface area contributed by atoms with Gasteiger partial charge in [0.2, 0.25) is 0 Å². The molecule has 0 radical (unpaired) electrons. The Morgan fingerprint density at radius 3 is 2.50 bits per heavy atom. The lowest BCUT2D eigenvalue weighted by Crippen LogP contribution is -2.29. The van der Waals surface area contributed by atoms with Gasteiger partial charge in [0.1, 0.15) is 16.4 Å². The maximum atomic E-state index is 13.3. The Morgan fingerprint density at radius 2 is 1.83 bits per heavy atom. The largest absolute Gasteiger partial charge is 0.507 e. The molecule has 2 N–H and O–H groups in total. The van der Waals surface area contributed by atoms with Crippen LogP contribution in [0.25, 0.3) is 5.76 Å². The number of aliphatic hydroxyl groups is 1. The number of aliphatic hydroxyl groups excluding tert-OH is 1. The smallest absolute Gasteiger partial charge is 0.350 e. The molecule has 1 saturated heterocycles. The molecule has 10 nitrogen and oxygen atoms in total. The number of aromatic hydroxyl groups is 1. The van der Waals surface area contributed by atoms with Gasteiger partial charge in [-0.2, -0.15) is 0 Å². The molecule has 1 amide bonds. The number of phenols is 1. The number of ketones is 1. The van der Waals surface area contributed by atoms with E-state index in [0.717, 1.165) is 16.2 Å². The number of aryl methyl sites for hydroxylation is 1. The van der Waals surface area contributed by atoms with Gasteiger partial charge < -0.3 is 24.4 Å². The van der Waals surface area contributed by atoms with Crippen molar-refractivity contribution in [2.24, 2.45) is 0 Å². The van der Waals surface area contributed by atoms with Gasteiger partial charge in [-0.1, -0.05) is 29.5 Å². The fourth-order valence-corrected chi connectivity index (χ4v) is 4.91. The summed E-state index contributed by atoms with van der Waals surface area (Å²) in [4.78, 5) is 44.4. The van der Waals surface area contributed by atoms with Crippen LogP contribution in [0.2, 0.25) is 0 Å². The number of anilines is 1. The Hall–Kier alpha value is -4.38. The second kappa shape index (κ2) is 9.70. The topological polar surface area (TPSA) is 135 Å². The molecule has 2 aromatic carbocycles. The standard InChI is InChI=1S/C25H22N2O8S/c1-12-22(24(32)35-4)36-25(26-12)27-19(13-8-9-16(28)17(11-13)34-3)18(21(30)23(27)31)20(29)14-6-5-7-15(10-14)33-2/h5-11,19,28-29H,1-4H3/b20-18+/t19-/m1/s1. The van der Waals surface area contributed by atoms with Gasteiger partial charge in [0.05, 0.1) is 38.6 Å². The number of hydrogen-bond donors (Lipinski definition) is 2. The van der Waals surface area contributed by atoms with Gasteiger partial charge in [-0.05, 0) is 36.8 Å². The lowest BCUT2D eigenvalue weighted by molar-refractivity contribution is -0.132. The van der Waals surface area contributed by atoms with Gasteiger partial charge in [-0.15, -0.1) is 0 Å². The summed E-state index contributed by atoms with van der Waals surface area (Å²) in [7, 11) is 4.05. The quantitative estimate of drug-likeness (QED) is 0.221. The Balaban J connectivity index is 1.97. The first-order chi connectivity index (χ1) is 17.2. The van der Waals surface area contributed by atoms with Crippen molar-refractivity contribution in [3.8, 4) is 17.2 Å².